The summed E-state index contributed by atoms with van der Waals surface area (Å²) in [5.74, 6) is 2.29. The summed E-state index contributed by atoms with van der Waals surface area (Å²) in [6, 6.07) is 6.00. The lowest BCUT2D eigenvalue weighted by Crippen LogP contribution is -2.24. The van der Waals surface area contributed by atoms with Gasteiger partial charge in [0.25, 0.3) is 0 Å². The Morgan fingerprint density at radius 2 is 1.95 bits per heavy atom. The number of ether oxygens (including phenoxy) is 1. The van der Waals surface area contributed by atoms with Gasteiger partial charge in [-0.25, -0.2) is 9.97 Å². The number of benzene rings is 1. The Labute approximate surface area is 119 Å². The smallest absolute Gasteiger partial charge is 0.121 e. The Kier molecular flexibility index (Phi) is 4.11. The third kappa shape index (κ3) is 3.07. The van der Waals surface area contributed by atoms with E-state index in [1.807, 2.05) is 24.4 Å². The molecule has 2 aromatic rings. The van der Waals surface area contributed by atoms with Crippen LogP contribution in [0.3, 0.4) is 0 Å². The van der Waals surface area contributed by atoms with Gasteiger partial charge in [0.15, 0.2) is 0 Å². The summed E-state index contributed by atoms with van der Waals surface area (Å²) >= 11 is 0. The maximum Gasteiger partial charge on any atom is 0.121 e. The van der Waals surface area contributed by atoms with Gasteiger partial charge in [-0.05, 0) is 56.2 Å². The predicted octanol–water partition coefficient (Wildman–Crippen LogP) is 2.77. The summed E-state index contributed by atoms with van der Waals surface area (Å²) in [7, 11) is 0. The zero-order valence-corrected chi connectivity index (χ0v) is 11.7. The van der Waals surface area contributed by atoms with Gasteiger partial charge in [0.2, 0.25) is 0 Å². The minimum atomic E-state index is 0.666. The van der Waals surface area contributed by atoms with Crippen LogP contribution < -0.4 is 10.5 Å². The molecule has 1 aliphatic rings. The first-order valence-electron chi connectivity index (χ1n) is 7.38. The van der Waals surface area contributed by atoms with Gasteiger partial charge < -0.3 is 10.5 Å². The van der Waals surface area contributed by atoms with Crippen LogP contribution in [0, 0.1) is 11.8 Å². The van der Waals surface area contributed by atoms with E-state index in [-0.39, 0.29) is 0 Å². The highest BCUT2D eigenvalue weighted by Crippen LogP contribution is 2.29. The van der Waals surface area contributed by atoms with Gasteiger partial charge in [0, 0.05) is 17.6 Å². The lowest BCUT2D eigenvalue weighted by atomic mass is 9.82. The van der Waals surface area contributed by atoms with E-state index in [4.69, 9.17) is 10.5 Å². The fourth-order valence-corrected chi connectivity index (χ4v) is 2.89. The summed E-state index contributed by atoms with van der Waals surface area (Å²) in [5, 5.41) is 1.04. The van der Waals surface area contributed by atoms with E-state index in [9.17, 15) is 0 Å². The van der Waals surface area contributed by atoms with Crippen LogP contribution in [0.2, 0.25) is 0 Å². The maximum absolute atomic E-state index is 5.93. The fraction of sp³-hybridized carbons (Fsp3) is 0.500. The molecular weight excluding hydrogens is 250 g/mol. The van der Waals surface area contributed by atoms with Gasteiger partial charge in [0.05, 0.1) is 12.1 Å². The van der Waals surface area contributed by atoms with Crippen molar-refractivity contribution in [2.24, 2.45) is 17.6 Å². The molecule has 1 aliphatic carbocycles. The number of hydrogen-bond donors (Lipinski definition) is 1. The SMILES string of the molecule is NCC1CCC(COc2ccc3cncnc3c2)CC1. The van der Waals surface area contributed by atoms with E-state index in [1.54, 1.807) is 6.33 Å². The van der Waals surface area contributed by atoms with Gasteiger partial charge in [-0.15, -0.1) is 0 Å². The van der Waals surface area contributed by atoms with Crippen molar-refractivity contribution in [2.45, 2.75) is 25.7 Å². The van der Waals surface area contributed by atoms with Crippen molar-refractivity contribution < 1.29 is 4.74 Å². The summed E-state index contributed by atoms with van der Waals surface area (Å²) in [6.45, 7) is 1.63. The van der Waals surface area contributed by atoms with Crippen LogP contribution in [0.5, 0.6) is 5.75 Å². The van der Waals surface area contributed by atoms with Gasteiger partial charge in [0.1, 0.15) is 12.1 Å². The monoisotopic (exact) mass is 271 g/mol. The van der Waals surface area contributed by atoms with E-state index in [0.717, 1.165) is 35.7 Å². The number of hydrogen-bond acceptors (Lipinski definition) is 4. The molecule has 2 N–H and O–H groups in total. The van der Waals surface area contributed by atoms with Gasteiger partial charge in [-0.2, -0.15) is 0 Å². The number of nitrogens with two attached hydrogens (primary N) is 1. The quantitative estimate of drug-likeness (QED) is 0.929. The first-order chi connectivity index (χ1) is 9.85. The van der Waals surface area contributed by atoms with Crippen molar-refractivity contribution in [1.82, 2.24) is 9.97 Å². The van der Waals surface area contributed by atoms with Crippen LogP contribution in [-0.2, 0) is 0 Å². The lowest BCUT2D eigenvalue weighted by Gasteiger charge is -2.27. The standard InChI is InChI=1S/C16H21N3O/c17-8-12-1-3-13(4-2-12)10-20-15-6-5-14-9-18-11-19-16(14)7-15/h5-7,9,11-13H,1-4,8,10,17H2. The van der Waals surface area contributed by atoms with Crippen LogP contribution in [0.4, 0.5) is 0 Å². The summed E-state index contributed by atoms with van der Waals surface area (Å²) in [6.07, 6.45) is 8.35. The van der Waals surface area contributed by atoms with Gasteiger partial charge in [-0.1, -0.05) is 0 Å². The molecule has 0 spiro atoms. The summed E-state index contributed by atoms with van der Waals surface area (Å²) < 4.78 is 5.93. The highest BCUT2D eigenvalue weighted by molar-refractivity contribution is 5.78. The van der Waals surface area contributed by atoms with Crippen LogP contribution in [-0.4, -0.2) is 23.1 Å². The Hall–Kier alpha value is -1.68. The number of nitrogens with zero attached hydrogens (tertiary/aromatic N) is 2. The third-order valence-electron chi connectivity index (χ3n) is 4.26. The molecule has 1 saturated carbocycles. The van der Waals surface area contributed by atoms with Crippen LogP contribution in [0.15, 0.2) is 30.7 Å². The predicted molar refractivity (Wildman–Crippen MR) is 79.5 cm³/mol. The summed E-state index contributed by atoms with van der Waals surface area (Å²) in [4.78, 5) is 8.27. The Morgan fingerprint density at radius 3 is 2.75 bits per heavy atom. The Morgan fingerprint density at radius 1 is 1.15 bits per heavy atom. The lowest BCUT2D eigenvalue weighted by molar-refractivity contribution is 0.185. The Bertz CT molecular complexity index is 564. The van der Waals surface area contributed by atoms with E-state index in [1.165, 1.54) is 25.7 Å². The zero-order chi connectivity index (χ0) is 13.8. The molecule has 1 aromatic carbocycles. The van der Waals surface area contributed by atoms with Gasteiger partial charge >= 0.3 is 0 Å². The molecular formula is C16H21N3O. The second kappa shape index (κ2) is 6.18. The number of fused-ring (bicyclic) bond motifs is 1. The molecule has 20 heavy (non-hydrogen) atoms. The van der Waals surface area contributed by atoms with Crippen molar-refractivity contribution in [3.63, 3.8) is 0 Å². The molecule has 0 saturated heterocycles. The minimum absolute atomic E-state index is 0.666. The van der Waals surface area contributed by atoms with Crippen molar-refractivity contribution >= 4 is 10.9 Å². The molecule has 1 heterocycles. The van der Waals surface area contributed by atoms with Crippen molar-refractivity contribution in [1.29, 1.82) is 0 Å². The Balaban J connectivity index is 1.57. The number of aromatic nitrogens is 2. The molecule has 3 rings (SSSR count). The highest BCUT2D eigenvalue weighted by atomic mass is 16.5. The molecule has 0 bridgehead atoms. The van der Waals surface area contributed by atoms with Crippen molar-refractivity contribution in [3.05, 3.63) is 30.7 Å². The van der Waals surface area contributed by atoms with Crippen molar-refractivity contribution in [3.8, 4) is 5.75 Å². The second-order valence-electron chi connectivity index (χ2n) is 5.68. The molecule has 106 valence electrons. The van der Waals surface area contributed by atoms with Crippen LogP contribution >= 0.6 is 0 Å². The van der Waals surface area contributed by atoms with Gasteiger partial charge in [-0.3, -0.25) is 0 Å². The van der Waals surface area contributed by atoms with E-state index < -0.39 is 0 Å². The molecule has 0 radical (unpaired) electrons. The third-order valence-corrected chi connectivity index (χ3v) is 4.26. The summed E-state index contributed by atoms with van der Waals surface area (Å²) in [5.41, 5.74) is 6.66. The fourth-order valence-electron chi connectivity index (χ4n) is 2.89. The average molecular weight is 271 g/mol. The first-order valence-corrected chi connectivity index (χ1v) is 7.38. The van der Waals surface area contributed by atoms with E-state index in [2.05, 4.69) is 9.97 Å². The minimum Gasteiger partial charge on any atom is -0.493 e. The molecule has 0 atom stereocenters. The molecule has 0 amide bonds. The normalized spacial score (nSPS) is 22.9. The molecule has 4 heteroatoms. The molecule has 0 unspecified atom stereocenters. The van der Waals surface area contributed by atoms with Crippen LogP contribution in [0.25, 0.3) is 10.9 Å². The first kappa shape index (κ1) is 13.3. The highest BCUT2D eigenvalue weighted by Gasteiger charge is 2.20. The number of rotatable bonds is 4. The average Bonchev–Trinajstić information content (AvgIpc) is 2.53. The molecule has 0 aliphatic heterocycles. The molecule has 4 nitrogen and oxygen atoms in total. The topological polar surface area (TPSA) is 61.0 Å². The molecule has 1 aromatic heterocycles. The zero-order valence-electron chi connectivity index (χ0n) is 11.7. The van der Waals surface area contributed by atoms with Crippen LogP contribution in [0.1, 0.15) is 25.7 Å². The van der Waals surface area contributed by atoms with Crippen molar-refractivity contribution in [2.75, 3.05) is 13.2 Å². The maximum atomic E-state index is 5.93. The second-order valence-corrected chi connectivity index (χ2v) is 5.68. The van der Waals surface area contributed by atoms with E-state index in [0.29, 0.717) is 5.92 Å². The largest absolute Gasteiger partial charge is 0.493 e. The van der Waals surface area contributed by atoms with E-state index >= 15 is 0 Å². The molecule has 1 fully saturated rings.